The fraction of sp³-hybridized carbons (Fsp3) is 0.583. The van der Waals surface area contributed by atoms with Gasteiger partial charge in [0.05, 0.1) is 34.3 Å². The molecule has 0 aromatic carbocycles. The summed E-state index contributed by atoms with van der Waals surface area (Å²) in [6.45, 7) is 6.26. The van der Waals surface area contributed by atoms with Crippen LogP contribution >= 0.6 is 11.6 Å². The molecule has 2 saturated heterocycles. The second-order valence-electron chi connectivity index (χ2n) is 9.56. The standard InChI is InChI=1S/C24H33ClN6O4S/c1-16(2)36(33,34)31-7-3-4-18(15-31)24(32)30-22-10-19(20(25)12-28-22)21-13-26-14-23(29-21)27-11-17-5-8-35-9-6-17/h10,12-14,16-18H,3-9,11,15H2,1-2H3,(H,27,29)(H,28,30,32)/t18-/m0/s1. The van der Waals surface area contributed by atoms with Crippen molar-refractivity contribution in [2.45, 2.75) is 44.8 Å². The topological polar surface area (TPSA) is 126 Å². The summed E-state index contributed by atoms with van der Waals surface area (Å²) in [5.74, 6) is 0.779. The number of sulfonamides is 1. The second kappa shape index (κ2) is 11.8. The average Bonchev–Trinajstić information content (AvgIpc) is 2.89. The SMILES string of the molecule is CC(C)S(=O)(=O)N1CCC[C@H](C(=O)Nc2cc(-c3cncc(NCC4CCOCC4)n3)c(Cl)cn2)C1. The second-order valence-corrected chi connectivity index (χ2v) is 12.5. The summed E-state index contributed by atoms with van der Waals surface area (Å²) in [5.41, 5.74) is 1.15. The largest absolute Gasteiger partial charge is 0.381 e. The molecular weight excluding hydrogens is 504 g/mol. The van der Waals surface area contributed by atoms with E-state index in [1.807, 2.05) is 0 Å². The van der Waals surface area contributed by atoms with Crippen LogP contribution in [-0.4, -0.2) is 71.7 Å². The summed E-state index contributed by atoms with van der Waals surface area (Å²) in [6.07, 6.45) is 8.02. The van der Waals surface area contributed by atoms with Gasteiger partial charge >= 0.3 is 0 Å². The molecule has 1 amide bonds. The number of amides is 1. The highest BCUT2D eigenvalue weighted by atomic mass is 35.5. The first-order valence-electron chi connectivity index (χ1n) is 12.3. The number of hydrogen-bond acceptors (Lipinski definition) is 8. The maximum Gasteiger partial charge on any atom is 0.229 e. The summed E-state index contributed by atoms with van der Waals surface area (Å²) in [4.78, 5) is 26.2. The van der Waals surface area contributed by atoms with E-state index in [1.54, 1.807) is 32.3 Å². The molecule has 196 valence electrons. The van der Waals surface area contributed by atoms with Gasteiger partial charge < -0.3 is 15.4 Å². The van der Waals surface area contributed by atoms with E-state index < -0.39 is 21.2 Å². The molecule has 0 radical (unpaired) electrons. The van der Waals surface area contributed by atoms with Gasteiger partial charge in [0.1, 0.15) is 11.6 Å². The average molecular weight is 537 g/mol. The number of rotatable bonds is 8. The lowest BCUT2D eigenvalue weighted by atomic mass is 9.99. The molecule has 2 aliphatic heterocycles. The molecule has 0 bridgehead atoms. The fourth-order valence-corrected chi connectivity index (χ4v) is 5.97. The molecule has 12 heteroatoms. The van der Waals surface area contributed by atoms with Crippen molar-refractivity contribution in [3.05, 3.63) is 29.7 Å². The smallest absolute Gasteiger partial charge is 0.229 e. The zero-order valence-corrected chi connectivity index (χ0v) is 22.2. The van der Waals surface area contributed by atoms with Crippen molar-refractivity contribution in [2.24, 2.45) is 11.8 Å². The Bertz CT molecular complexity index is 1170. The van der Waals surface area contributed by atoms with Crippen LogP contribution in [0.2, 0.25) is 5.02 Å². The third-order valence-corrected chi connectivity index (χ3v) is 9.18. The van der Waals surface area contributed by atoms with Gasteiger partial charge in [-0.1, -0.05) is 11.6 Å². The lowest BCUT2D eigenvalue weighted by Crippen LogP contribution is -2.46. The summed E-state index contributed by atoms with van der Waals surface area (Å²) in [7, 11) is -3.41. The van der Waals surface area contributed by atoms with Gasteiger partial charge in [0, 0.05) is 44.6 Å². The maximum atomic E-state index is 13.0. The van der Waals surface area contributed by atoms with Crippen molar-refractivity contribution in [2.75, 3.05) is 43.5 Å². The molecule has 0 unspecified atom stereocenters. The first kappa shape index (κ1) is 26.7. The molecule has 0 spiro atoms. The van der Waals surface area contributed by atoms with Crippen molar-refractivity contribution in [3.63, 3.8) is 0 Å². The van der Waals surface area contributed by atoms with Crippen LogP contribution in [0.15, 0.2) is 24.7 Å². The molecule has 4 heterocycles. The van der Waals surface area contributed by atoms with E-state index in [0.717, 1.165) is 32.6 Å². The van der Waals surface area contributed by atoms with Crippen LogP contribution in [0.4, 0.5) is 11.6 Å². The number of pyridine rings is 1. The highest BCUT2D eigenvalue weighted by Crippen LogP contribution is 2.29. The number of ether oxygens (including phenoxy) is 1. The van der Waals surface area contributed by atoms with Crippen molar-refractivity contribution >= 4 is 39.2 Å². The Balaban J connectivity index is 1.44. The quantitative estimate of drug-likeness (QED) is 0.525. The summed E-state index contributed by atoms with van der Waals surface area (Å²) >= 11 is 6.42. The number of nitrogens with zero attached hydrogens (tertiary/aromatic N) is 4. The van der Waals surface area contributed by atoms with Gasteiger partial charge in [0.2, 0.25) is 15.9 Å². The van der Waals surface area contributed by atoms with E-state index in [4.69, 9.17) is 16.3 Å². The summed E-state index contributed by atoms with van der Waals surface area (Å²) in [5, 5.41) is 6.03. The number of carbonyl (C=O) groups excluding carboxylic acids is 1. The minimum Gasteiger partial charge on any atom is -0.381 e. The Morgan fingerprint density at radius 1 is 1.19 bits per heavy atom. The van der Waals surface area contributed by atoms with Crippen molar-refractivity contribution in [1.29, 1.82) is 0 Å². The number of anilines is 2. The van der Waals surface area contributed by atoms with Gasteiger partial charge in [-0.2, -0.15) is 0 Å². The van der Waals surface area contributed by atoms with Crippen molar-refractivity contribution < 1.29 is 17.9 Å². The van der Waals surface area contributed by atoms with E-state index in [-0.39, 0.29) is 12.5 Å². The first-order chi connectivity index (χ1) is 17.2. The molecule has 1 atom stereocenters. The van der Waals surface area contributed by atoms with E-state index >= 15 is 0 Å². The Morgan fingerprint density at radius 2 is 1.97 bits per heavy atom. The normalized spacial score (nSPS) is 19.8. The Labute approximate surface area is 217 Å². The minimum absolute atomic E-state index is 0.166. The Kier molecular flexibility index (Phi) is 8.76. The number of hydrogen-bond donors (Lipinski definition) is 2. The van der Waals surface area contributed by atoms with Crippen LogP contribution in [0, 0.1) is 11.8 Å². The number of nitrogens with one attached hydrogen (secondary N) is 2. The maximum absolute atomic E-state index is 13.0. The minimum atomic E-state index is -3.41. The predicted molar refractivity (Wildman–Crippen MR) is 139 cm³/mol. The fourth-order valence-electron chi connectivity index (χ4n) is 4.40. The molecule has 0 aliphatic carbocycles. The molecule has 10 nitrogen and oxygen atoms in total. The van der Waals surface area contributed by atoms with Gasteiger partial charge in [-0.3, -0.25) is 9.78 Å². The molecule has 2 aliphatic rings. The molecular formula is C24H33ClN6O4S. The van der Waals surface area contributed by atoms with Gasteiger partial charge in [0.15, 0.2) is 0 Å². The lowest BCUT2D eigenvalue weighted by Gasteiger charge is -2.32. The monoisotopic (exact) mass is 536 g/mol. The van der Waals surface area contributed by atoms with Gasteiger partial charge in [-0.05, 0) is 51.5 Å². The number of aromatic nitrogens is 3. The van der Waals surface area contributed by atoms with Crippen LogP contribution in [0.25, 0.3) is 11.3 Å². The van der Waals surface area contributed by atoms with Crippen molar-refractivity contribution in [1.82, 2.24) is 19.3 Å². The third-order valence-electron chi connectivity index (χ3n) is 6.64. The van der Waals surface area contributed by atoms with Crippen LogP contribution < -0.4 is 10.6 Å². The molecule has 4 rings (SSSR count). The zero-order chi connectivity index (χ0) is 25.7. The van der Waals surface area contributed by atoms with Crippen LogP contribution in [0.1, 0.15) is 39.5 Å². The molecule has 2 aromatic heterocycles. The number of piperidine rings is 1. The van der Waals surface area contributed by atoms with E-state index in [9.17, 15) is 13.2 Å². The molecule has 2 fully saturated rings. The molecule has 2 N–H and O–H groups in total. The zero-order valence-electron chi connectivity index (χ0n) is 20.6. The molecule has 0 saturated carbocycles. The third kappa shape index (κ3) is 6.50. The Hall–Kier alpha value is -2.34. The predicted octanol–water partition coefficient (Wildman–Crippen LogP) is 3.42. The first-order valence-corrected chi connectivity index (χ1v) is 14.2. The number of halogens is 1. The van der Waals surface area contributed by atoms with Crippen LogP contribution in [-0.2, 0) is 19.6 Å². The lowest BCUT2D eigenvalue weighted by molar-refractivity contribution is -0.120. The van der Waals surface area contributed by atoms with Crippen molar-refractivity contribution in [3.8, 4) is 11.3 Å². The van der Waals surface area contributed by atoms with Crippen LogP contribution in [0.5, 0.6) is 0 Å². The summed E-state index contributed by atoms with van der Waals surface area (Å²) in [6, 6.07) is 1.66. The number of carbonyl (C=O) groups is 1. The molecule has 2 aromatic rings. The van der Waals surface area contributed by atoms with Crippen LogP contribution in [0.3, 0.4) is 0 Å². The van der Waals surface area contributed by atoms with E-state index in [2.05, 4.69) is 25.6 Å². The van der Waals surface area contributed by atoms with Gasteiger partial charge in [0.25, 0.3) is 0 Å². The highest BCUT2D eigenvalue weighted by molar-refractivity contribution is 7.89. The van der Waals surface area contributed by atoms with Gasteiger partial charge in [-0.25, -0.2) is 22.7 Å². The van der Waals surface area contributed by atoms with E-state index in [0.29, 0.717) is 53.2 Å². The van der Waals surface area contributed by atoms with Gasteiger partial charge in [-0.15, -0.1) is 0 Å². The highest BCUT2D eigenvalue weighted by Gasteiger charge is 2.34. The Morgan fingerprint density at radius 3 is 2.72 bits per heavy atom. The summed E-state index contributed by atoms with van der Waals surface area (Å²) < 4.78 is 31.9. The van der Waals surface area contributed by atoms with E-state index in [1.165, 1.54) is 10.5 Å². The molecule has 36 heavy (non-hydrogen) atoms.